The summed E-state index contributed by atoms with van der Waals surface area (Å²) in [5, 5.41) is 14.6. The molecule has 0 aromatic heterocycles. The molecular weight excluding hydrogens is 432 g/mol. The number of carboxylic acids is 1. The number of nitrogens with one attached hydrogen (secondary N) is 2. The molecule has 34 heavy (non-hydrogen) atoms. The lowest BCUT2D eigenvalue weighted by atomic mass is 9.94. The fraction of sp³-hybridized carbons (Fsp3) is 0.370. The van der Waals surface area contributed by atoms with Crippen molar-refractivity contribution in [2.45, 2.75) is 37.6 Å². The monoisotopic (exact) mass is 460 g/mol. The van der Waals surface area contributed by atoms with E-state index in [1.54, 1.807) is 0 Å². The van der Waals surface area contributed by atoms with Crippen molar-refractivity contribution in [2.24, 2.45) is 11.8 Å². The number of amides is 2. The first-order valence-electron chi connectivity index (χ1n) is 11.5. The summed E-state index contributed by atoms with van der Waals surface area (Å²) in [6.07, 6.45) is 6.86. The van der Waals surface area contributed by atoms with Crippen LogP contribution in [0.3, 0.4) is 0 Å². The number of ether oxygens (including phenoxy) is 1. The Morgan fingerprint density at radius 1 is 1.06 bits per heavy atom. The number of carbonyl (C=O) groups is 3. The van der Waals surface area contributed by atoms with E-state index in [0.717, 1.165) is 35.1 Å². The highest BCUT2D eigenvalue weighted by atomic mass is 16.5. The molecule has 1 saturated carbocycles. The summed E-state index contributed by atoms with van der Waals surface area (Å²) in [5.41, 5.74) is 4.61. The predicted molar refractivity (Wildman–Crippen MR) is 127 cm³/mol. The number of aliphatic carboxylic acids is 1. The second-order valence-electron chi connectivity index (χ2n) is 8.81. The number of carbonyl (C=O) groups excluding carboxylic acids is 2. The van der Waals surface area contributed by atoms with Gasteiger partial charge in [0.05, 0.1) is 0 Å². The van der Waals surface area contributed by atoms with E-state index >= 15 is 0 Å². The minimum Gasteiger partial charge on any atom is -0.480 e. The van der Waals surface area contributed by atoms with Crippen LogP contribution < -0.4 is 10.6 Å². The van der Waals surface area contributed by atoms with Gasteiger partial charge in [-0.05, 0) is 41.0 Å². The Morgan fingerprint density at radius 3 is 2.32 bits per heavy atom. The molecule has 2 aliphatic rings. The SMILES string of the molecule is C#CCC(NC(=O)C1CCCC1CNC(=O)OCC1c2ccccc2-c2ccccc21)C(=O)O. The van der Waals surface area contributed by atoms with Gasteiger partial charge in [0.15, 0.2) is 0 Å². The molecule has 1 fully saturated rings. The fourth-order valence-electron chi connectivity index (χ4n) is 5.09. The van der Waals surface area contributed by atoms with Crippen LogP contribution in [0.5, 0.6) is 0 Å². The molecule has 4 rings (SSSR count). The maximum Gasteiger partial charge on any atom is 0.407 e. The predicted octanol–water partition coefficient (Wildman–Crippen LogP) is 3.53. The zero-order valence-electron chi connectivity index (χ0n) is 18.8. The fourth-order valence-corrected chi connectivity index (χ4v) is 5.09. The minimum absolute atomic E-state index is 0.0211. The summed E-state index contributed by atoms with van der Waals surface area (Å²) in [6, 6.07) is 15.2. The van der Waals surface area contributed by atoms with E-state index in [1.807, 2.05) is 24.3 Å². The van der Waals surface area contributed by atoms with Gasteiger partial charge in [0.1, 0.15) is 12.6 Å². The molecule has 0 spiro atoms. The van der Waals surface area contributed by atoms with Crippen molar-refractivity contribution in [1.82, 2.24) is 10.6 Å². The van der Waals surface area contributed by atoms with Gasteiger partial charge in [0, 0.05) is 24.8 Å². The smallest absolute Gasteiger partial charge is 0.407 e. The Hall–Kier alpha value is -3.79. The summed E-state index contributed by atoms with van der Waals surface area (Å²) in [6.45, 7) is 0.516. The maximum atomic E-state index is 12.6. The molecule has 7 heteroatoms. The summed E-state index contributed by atoms with van der Waals surface area (Å²) >= 11 is 0. The van der Waals surface area contributed by atoms with E-state index in [1.165, 1.54) is 0 Å². The average Bonchev–Trinajstić information content (AvgIpc) is 3.44. The Balaban J connectivity index is 1.31. The minimum atomic E-state index is -1.15. The van der Waals surface area contributed by atoms with Crippen molar-refractivity contribution in [3.05, 3.63) is 59.7 Å². The summed E-state index contributed by atoms with van der Waals surface area (Å²) < 4.78 is 5.57. The largest absolute Gasteiger partial charge is 0.480 e. The van der Waals surface area contributed by atoms with Gasteiger partial charge in [-0.1, -0.05) is 55.0 Å². The highest BCUT2D eigenvalue weighted by Crippen LogP contribution is 2.44. The van der Waals surface area contributed by atoms with Gasteiger partial charge in [0.25, 0.3) is 0 Å². The number of hydrogen-bond donors (Lipinski definition) is 3. The van der Waals surface area contributed by atoms with E-state index in [4.69, 9.17) is 11.2 Å². The van der Waals surface area contributed by atoms with Crippen molar-refractivity contribution < 1.29 is 24.2 Å². The van der Waals surface area contributed by atoms with Gasteiger partial charge in [-0.25, -0.2) is 9.59 Å². The Labute approximate surface area is 198 Å². The standard InChI is InChI=1S/C27H28N2O5/c1-2-8-24(26(31)32)29-25(30)18-14-7-9-17(18)15-28-27(33)34-16-23-21-12-5-3-10-19(21)20-11-4-6-13-22(20)23/h1,3-6,10-13,17-18,23-24H,7-9,14-16H2,(H,28,33)(H,29,30)(H,31,32). The third-order valence-electron chi connectivity index (χ3n) is 6.78. The average molecular weight is 461 g/mol. The lowest BCUT2D eigenvalue weighted by Crippen LogP contribution is -2.45. The number of fused-ring (bicyclic) bond motifs is 3. The first kappa shape index (κ1) is 23.4. The quantitative estimate of drug-likeness (QED) is 0.523. The van der Waals surface area contributed by atoms with Gasteiger partial charge < -0.3 is 20.5 Å². The van der Waals surface area contributed by atoms with Gasteiger partial charge in [-0.2, -0.15) is 0 Å². The van der Waals surface area contributed by atoms with Crippen LogP contribution in [0, 0.1) is 24.2 Å². The molecule has 7 nitrogen and oxygen atoms in total. The van der Waals surface area contributed by atoms with E-state index in [0.29, 0.717) is 13.0 Å². The number of benzene rings is 2. The van der Waals surface area contributed by atoms with Crippen molar-refractivity contribution in [3.63, 3.8) is 0 Å². The van der Waals surface area contributed by atoms with Gasteiger partial charge in [-0.15, -0.1) is 12.3 Å². The molecule has 176 valence electrons. The molecule has 0 bridgehead atoms. The zero-order chi connectivity index (χ0) is 24.1. The number of carboxylic acid groups (broad SMARTS) is 1. The molecule has 3 atom stereocenters. The molecule has 3 N–H and O–H groups in total. The van der Waals surface area contributed by atoms with Crippen LogP contribution in [0.15, 0.2) is 48.5 Å². The van der Waals surface area contributed by atoms with Crippen molar-refractivity contribution >= 4 is 18.0 Å². The Kier molecular flexibility index (Phi) is 7.17. The zero-order valence-corrected chi connectivity index (χ0v) is 18.8. The second kappa shape index (κ2) is 10.4. The van der Waals surface area contributed by atoms with Crippen LogP contribution in [0.2, 0.25) is 0 Å². The van der Waals surface area contributed by atoms with Crippen LogP contribution >= 0.6 is 0 Å². The van der Waals surface area contributed by atoms with E-state index in [2.05, 4.69) is 40.8 Å². The van der Waals surface area contributed by atoms with E-state index < -0.39 is 18.1 Å². The lowest BCUT2D eigenvalue weighted by molar-refractivity contribution is -0.142. The number of terminal acetylenes is 1. The first-order chi connectivity index (χ1) is 16.5. The third kappa shape index (κ3) is 4.91. The molecule has 2 aliphatic carbocycles. The van der Waals surface area contributed by atoms with Crippen molar-refractivity contribution in [1.29, 1.82) is 0 Å². The molecular formula is C27H28N2O5. The summed E-state index contributed by atoms with van der Waals surface area (Å²) in [7, 11) is 0. The highest BCUT2D eigenvalue weighted by Gasteiger charge is 2.35. The van der Waals surface area contributed by atoms with Gasteiger partial charge in [-0.3, -0.25) is 4.79 Å². The van der Waals surface area contributed by atoms with Crippen LogP contribution in [0.1, 0.15) is 42.7 Å². The second-order valence-corrected chi connectivity index (χ2v) is 8.81. The van der Waals surface area contributed by atoms with Crippen LogP contribution in [-0.4, -0.2) is 42.3 Å². The number of alkyl carbamates (subject to hydrolysis) is 1. The lowest BCUT2D eigenvalue weighted by Gasteiger charge is -2.22. The summed E-state index contributed by atoms with van der Waals surface area (Å²) in [4.78, 5) is 36.4. The van der Waals surface area contributed by atoms with Crippen LogP contribution in [0.25, 0.3) is 11.1 Å². The van der Waals surface area contributed by atoms with Crippen LogP contribution in [-0.2, 0) is 14.3 Å². The van der Waals surface area contributed by atoms with Crippen LogP contribution in [0.4, 0.5) is 4.79 Å². The number of hydrogen-bond acceptors (Lipinski definition) is 4. The van der Waals surface area contributed by atoms with Gasteiger partial charge >= 0.3 is 12.1 Å². The normalized spacial score (nSPS) is 19.4. The molecule has 0 heterocycles. The number of rotatable bonds is 8. The molecule has 3 unspecified atom stereocenters. The first-order valence-corrected chi connectivity index (χ1v) is 11.5. The summed E-state index contributed by atoms with van der Waals surface area (Å²) in [5.74, 6) is 0.317. The molecule has 0 radical (unpaired) electrons. The van der Waals surface area contributed by atoms with Gasteiger partial charge in [0.2, 0.25) is 5.91 Å². The van der Waals surface area contributed by atoms with Crippen molar-refractivity contribution in [3.8, 4) is 23.5 Å². The highest BCUT2D eigenvalue weighted by molar-refractivity contribution is 5.85. The topological polar surface area (TPSA) is 105 Å². The molecule has 0 saturated heterocycles. The molecule has 2 amide bonds. The van der Waals surface area contributed by atoms with Crippen molar-refractivity contribution in [2.75, 3.05) is 13.2 Å². The Morgan fingerprint density at radius 2 is 1.71 bits per heavy atom. The molecule has 2 aromatic carbocycles. The maximum absolute atomic E-state index is 12.6. The molecule has 0 aliphatic heterocycles. The Bertz CT molecular complexity index is 1080. The third-order valence-corrected chi connectivity index (χ3v) is 6.78. The van der Waals surface area contributed by atoms with E-state index in [9.17, 15) is 19.5 Å². The molecule has 2 aromatic rings. The van der Waals surface area contributed by atoms with E-state index in [-0.39, 0.29) is 36.7 Å².